The molecular weight excluding hydrogens is 276 g/mol. The monoisotopic (exact) mass is 300 g/mol. The van der Waals surface area contributed by atoms with Gasteiger partial charge in [0, 0.05) is 38.6 Å². The normalized spacial score (nSPS) is 10.5. The fourth-order valence-electron chi connectivity index (χ4n) is 2.52. The van der Waals surface area contributed by atoms with Crippen molar-refractivity contribution in [2.75, 3.05) is 25.0 Å². The highest BCUT2D eigenvalue weighted by Gasteiger charge is 2.16. The highest BCUT2D eigenvalue weighted by atomic mass is 16.1. The van der Waals surface area contributed by atoms with Crippen LogP contribution in [-0.2, 0) is 7.05 Å². The van der Waals surface area contributed by atoms with Crippen LogP contribution in [0.15, 0.2) is 30.3 Å². The average molecular weight is 300 g/mol. The molecule has 1 N–H and O–H groups in total. The van der Waals surface area contributed by atoms with Crippen LogP contribution in [0.4, 0.5) is 5.69 Å². The molecule has 0 radical (unpaired) electrons. The zero-order valence-corrected chi connectivity index (χ0v) is 13.8. The Morgan fingerprint density at radius 3 is 2.55 bits per heavy atom. The lowest BCUT2D eigenvalue weighted by molar-refractivity contribution is 0.0952. The first-order chi connectivity index (χ1) is 10.5. The number of nitrogens with one attached hydrogen (secondary N) is 1. The molecule has 0 unspecified atom stereocenters. The van der Waals surface area contributed by atoms with Crippen LogP contribution >= 0.6 is 0 Å². The van der Waals surface area contributed by atoms with Crippen molar-refractivity contribution in [1.82, 2.24) is 15.1 Å². The van der Waals surface area contributed by atoms with E-state index in [4.69, 9.17) is 0 Å². The second-order valence-corrected chi connectivity index (χ2v) is 5.54. The number of benzene rings is 1. The Hall–Kier alpha value is -2.30. The second-order valence-electron chi connectivity index (χ2n) is 5.54. The number of aromatic nitrogens is 2. The summed E-state index contributed by atoms with van der Waals surface area (Å²) in [4.78, 5) is 14.4. The maximum Gasteiger partial charge on any atom is 0.255 e. The van der Waals surface area contributed by atoms with E-state index in [-0.39, 0.29) is 5.91 Å². The molecule has 2 rings (SSSR count). The first-order valence-electron chi connectivity index (χ1n) is 7.55. The maximum atomic E-state index is 12.2. The van der Waals surface area contributed by atoms with Crippen molar-refractivity contribution < 1.29 is 4.79 Å². The molecule has 1 heterocycles. The van der Waals surface area contributed by atoms with Crippen molar-refractivity contribution in [3.05, 3.63) is 47.3 Å². The van der Waals surface area contributed by atoms with E-state index in [0.717, 1.165) is 24.4 Å². The summed E-state index contributed by atoms with van der Waals surface area (Å²) in [5.74, 6) is -0.0366. The minimum absolute atomic E-state index is 0.0366. The fraction of sp³-hybridized carbons (Fsp3) is 0.412. The third kappa shape index (κ3) is 3.67. The predicted molar refractivity (Wildman–Crippen MR) is 89.3 cm³/mol. The zero-order valence-electron chi connectivity index (χ0n) is 13.8. The van der Waals surface area contributed by atoms with Crippen LogP contribution in [0, 0.1) is 13.8 Å². The first kappa shape index (κ1) is 16.1. The smallest absolute Gasteiger partial charge is 0.255 e. The summed E-state index contributed by atoms with van der Waals surface area (Å²) >= 11 is 0. The lowest BCUT2D eigenvalue weighted by Crippen LogP contribution is -2.28. The van der Waals surface area contributed by atoms with Crippen molar-refractivity contribution in [3.8, 4) is 0 Å². The van der Waals surface area contributed by atoms with E-state index >= 15 is 0 Å². The van der Waals surface area contributed by atoms with Gasteiger partial charge in [0.25, 0.3) is 5.91 Å². The molecular formula is C17H24N4O. The molecule has 5 heteroatoms. The zero-order chi connectivity index (χ0) is 16.1. The summed E-state index contributed by atoms with van der Waals surface area (Å²) in [6, 6.07) is 10.2. The Morgan fingerprint density at radius 2 is 1.95 bits per heavy atom. The van der Waals surface area contributed by atoms with Crippen molar-refractivity contribution in [2.24, 2.45) is 7.05 Å². The van der Waals surface area contributed by atoms with Gasteiger partial charge >= 0.3 is 0 Å². The van der Waals surface area contributed by atoms with E-state index in [1.807, 2.05) is 39.1 Å². The summed E-state index contributed by atoms with van der Waals surface area (Å²) in [5, 5.41) is 7.26. The molecule has 0 aliphatic rings. The van der Waals surface area contributed by atoms with Gasteiger partial charge < -0.3 is 10.2 Å². The molecule has 0 aliphatic carbocycles. The van der Waals surface area contributed by atoms with E-state index < -0.39 is 0 Å². The quantitative estimate of drug-likeness (QED) is 0.833. The molecule has 1 amide bonds. The number of amides is 1. The third-order valence-electron chi connectivity index (χ3n) is 3.89. The van der Waals surface area contributed by atoms with Gasteiger partial charge in [-0.15, -0.1) is 0 Å². The molecule has 0 atom stereocenters. The van der Waals surface area contributed by atoms with E-state index in [2.05, 4.69) is 34.5 Å². The molecule has 1 aromatic heterocycles. The van der Waals surface area contributed by atoms with E-state index in [1.165, 1.54) is 5.69 Å². The third-order valence-corrected chi connectivity index (χ3v) is 3.89. The van der Waals surface area contributed by atoms with Gasteiger partial charge in [0.05, 0.1) is 11.3 Å². The van der Waals surface area contributed by atoms with Gasteiger partial charge in [-0.2, -0.15) is 5.10 Å². The fourth-order valence-corrected chi connectivity index (χ4v) is 2.52. The number of rotatable bonds is 6. The topological polar surface area (TPSA) is 50.2 Å². The van der Waals surface area contributed by atoms with Crippen LogP contribution in [0.2, 0.25) is 0 Å². The summed E-state index contributed by atoms with van der Waals surface area (Å²) in [7, 11) is 3.92. The summed E-state index contributed by atoms with van der Waals surface area (Å²) in [6.07, 6.45) is 0.898. The van der Waals surface area contributed by atoms with E-state index in [1.54, 1.807) is 4.68 Å². The minimum Gasteiger partial charge on any atom is -0.375 e. The van der Waals surface area contributed by atoms with Gasteiger partial charge in [-0.3, -0.25) is 9.48 Å². The minimum atomic E-state index is -0.0366. The van der Waals surface area contributed by atoms with Crippen molar-refractivity contribution in [2.45, 2.75) is 20.3 Å². The number of anilines is 1. The van der Waals surface area contributed by atoms with Crippen LogP contribution in [0.3, 0.4) is 0 Å². The van der Waals surface area contributed by atoms with Gasteiger partial charge in [-0.25, -0.2) is 0 Å². The Kier molecular flexibility index (Phi) is 5.20. The molecule has 118 valence electrons. The number of para-hydroxylation sites is 1. The maximum absolute atomic E-state index is 12.2. The molecule has 0 spiro atoms. The Labute approximate surface area is 131 Å². The number of hydrogen-bond acceptors (Lipinski definition) is 3. The summed E-state index contributed by atoms with van der Waals surface area (Å²) in [6.45, 7) is 5.34. The molecule has 0 bridgehead atoms. The number of carbonyl (C=O) groups is 1. The highest BCUT2D eigenvalue weighted by Crippen LogP contribution is 2.12. The Balaban J connectivity index is 1.80. The molecule has 5 nitrogen and oxygen atoms in total. The van der Waals surface area contributed by atoms with Crippen LogP contribution in [0.25, 0.3) is 0 Å². The molecule has 0 aliphatic heterocycles. The lowest BCUT2D eigenvalue weighted by atomic mass is 10.2. The van der Waals surface area contributed by atoms with E-state index in [0.29, 0.717) is 12.1 Å². The number of aryl methyl sites for hydroxylation is 2. The second kappa shape index (κ2) is 7.11. The van der Waals surface area contributed by atoms with Crippen LogP contribution in [-0.4, -0.2) is 35.8 Å². The largest absolute Gasteiger partial charge is 0.375 e. The molecule has 22 heavy (non-hydrogen) atoms. The van der Waals surface area contributed by atoms with Gasteiger partial charge in [-0.05, 0) is 32.4 Å². The standard InChI is InChI=1S/C17H24N4O/c1-13-16(14(2)21(4)19-13)17(22)18-11-8-12-20(3)15-9-6-5-7-10-15/h5-7,9-10H,8,11-12H2,1-4H3,(H,18,22). The van der Waals surface area contributed by atoms with Crippen LogP contribution in [0.5, 0.6) is 0 Å². The SMILES string of the molecule is Cc1nn(C)c(C)c1C(=O)NCCCN(C)c1ccccc1. The lowest BCUT2D eigenvalue weighted by Gasteiger charge is -2.19. The number of carbonyl (C=O) groups excluding carboxylic acids is 1. The van der Waals surface area contributed by atoms with Gasteiger partial charge in [0.1, 0.15) is 0 Å². The molecule has 0 fully saturated rings. The molecule has 2 aromatic rings. The van der Waals surface area contributed by atoms with Gasteiger partial charge in [0.2, 0.25) is 0 Å². The van der Waals surface area contributed by atoms with Crippen molar-refractivity contribution >= 4 is 11.6 Å². The average Bonchev–Trinajstić information content (AvgIpc) is 2.77. The summed E-state index contributed by atoms with van der Waals surface area (Å²) < 4.78 is 1.74. The molecule has 1 aromatic carbocycles. The predicted octanol–water partition coefficient (Wildman–Crippen LogP) is 2.29. The van der Waals surface area contributed by atoms with E-state index in [9.17, 15) is 4.79 Å². The molecule has 0 saturated heterocycles. The van der Waals surface area contributed by atoms with Crippen LogP contribution < -0.4 is 10.2 Å². The van der Waals surface area contributed by atoms with Crippen molar-refractivity contribution in [3.63, 3.8) is 0 Å². The number of hydrogen-bond donors (Lipinski definition) is 1. The Bertz CT molecular complexity index is 634. The van der Waals surface area contributed by atoms with Crippen molar-refractivity contribution in [1.29, 1.82) is 0 Å². The Morgan fingerprint density at radius 1 is 1.27 bits per heavy atom. The van der Waals surface area contributed by atoms with Crippen LogP contribution in [0.1, 0.15) is 28.2 Å². The van der Waals surface area contributed by atoms with Gasteiger partial charge in [0.15, 0.2) is 0 Å². The number of nitrogens with zero attached hydrogens (tertiary/aromatic N) is 3. The van der Waals surface area contributed by atoms with Gasteiger partial charge in [-0.1, -0.05) is 18.2 Å². The highest BCUT2D eigenvalue weighted by molar-refractivity contribution is 5.96. The molecule has 0 saturated carbocycles. The first-order valence-corrected chi connectivity index (χ1v) is 7.55. The summed E-state index contributed by atoms with van der Waals surface area (Å²) in [5.41, 5.74) is 3.56.